The average molecular weight is 215 g/mol. The highest BCUT2D eigenvalue weighted by molar-refractivity contribution is 4.84. The molecule has 0 aromatic carbocycles. The lowest BCUT2D eigenvalue weighted by molar-refractivity contribution is 0.0358. The van der Waals surface area contributed by atoms with Crippen LogP contribution < -0.4 is 5.32 Å². The SMILES string of the molecule is CCCCOCC(O)CNCC1CC1C. The number of nitrogens with one attached hydrogen (secondary N) is 1. The highest BCUT2D eigenvalue weighted by Crippen LogP contribution is 2.36. The first kappa shape index (κ1) is 12.9. The smallest absolute Gasteiger partial charge is 0.0897 e. The van der Waals surface area contributed by atoms with Crippen LogP contribution in [-0.2, 0) is 4.74 Å². The molecule has 0 aliphatic heterocycles. The zero-order valence-electron chi connectivity index (χ0n) is 10.0. The van der Waals surface area contributed by atoms with Crippen molar-refractivity contribution in [2.24, 2.45) is 11.8 Å². The van der Waals surface area contributed by atoms with Gasteiger partial charge in [-0.1, -0.05) is 20.3 Å². The van der Waals surface area contributed by atoms with E-state index in [4.69, 9.17) is 4.74 Å². The largest absolute Gasteiger partial charge is 0.389 e. The van der Waals surface area contributed by atoms with E-state index in [1.54, 1.807) is 0 Å². The molecular weight excluding hydrogens is 190 g/mol. The summed E-state index contributed by atoms with van der Waals surface area (Å²) in [6.07, 6.45) is 3.22. The fourth-order valence-electron chi connectivity index (χ4n) is 1.64. The Bertz CT molecular complexity index is 164. The predicted molar refractivity (Wildman–Crippen MR) is 61.9 cm³/mol. The normalized spacial score (nSPS) is 26.6. The van der Waals surface area contributed by atoms with E-state index >= 15 is 0 Å². The van der Waals surface area contributed by atoms with E-state index in [0.29, 0.717) is 13.2 Å². The molecule has 1 aliphatic carbocycles. The third-order valence-corrected chi connectivity index (χ3v) is 3.02. The highest BCUT2D eigenvalue weighted by Gasteiger charge is 2.31. The Balaban J connectivity index is 1.83. The molecule has 0 aromatic rings. The van der Waals surface area contributed by atoms with E-state index in [-0.39, 0.29) is 6.10 Å². The van der Waals surface area contributed by atoms with Crippen LogP contribution in [0, 0.1) is 11.8 Å². The lowest BCUT2D eigenvalue weighted by Gasteiger charge is -2.12. The second-order valence-corrected chi connectivity index (χ2v) is 4.71. The summed E-state index contributed by atoms with van der Waals surface area (Å²) in [4.78, 5) is 0. The Morgan fingerprint density at radius 1 is 1.53 bits per heavy atom. The van der Waals surface area contributed by atoms with Gasteiger partial charge in [0, 0.05) is 13.2 Å². The van der Waals surface area contributed by atoms with Crippen LogP contribution in [0.2, 0.25) is 0 Å². The van der Waals surface area contributed by atoms with Crippen LogP contribution in [0.15, 0.2) is 0 Å². The Hall–Kier alpha value is -0.120. The van der Waals surface area contributed by atoms with Gasteiger partial charge in [-0.25, -0.2) is 0 Å². The van der Waals surface area contributed by atoms with Gasteiger partial charge in [0.1, 0.15) is 0 Å². The third-order valence-electron chi connectivity index (χ3n) is 3.02. The van der Waals surface area contributed by atoms with Crippen LogP contribution in [0.1, 0.15) is 33.1 Å². The first-order valence-electron chi connectivity index (χ1n) is 6.20. The topological polar surface area (TPSA) is 41.5 Å². The molecule has 3 unspecified atom stereocenters. The number of ether oxygens (including phenoxy) is 1. The van der Waals surface area contributed by atoms with Gasteiger partial charge in [-0.3, -0.25) is 0 Å². The van der Waals surface area contributed by atoms with Gasteiger partial charge in [0.25, 0.3) is 0 Å². The Labute approximate surface area is 93.2 Å². The summed E-state index contributed by atoms with van der Waals surface area (Å²) in [5.41, 5.74) is 0. The monoisotopic (exact) mass is 215 g/mol. The van der Waals surface area contributed by atoms with Crippen molar-refractivity contribution in [1.29, 1.82) is 0 Å². The first-order valence-corrected chi connectivity index (χ1v) is 6.20. The zero-order valence-corrected chi connectivity index (χ0v) is 10.0. The van der Waals surface area contributed by atoms with Crippen LogP contribution >= 0.6 is 0 Å². The molecule has 1 fully saturated rings. The molecule has 3 heteroatoms. The second-order valence-electron chi connectivity index (χ2n) is 4.71. The maximum Gasteiger partial charge on any atom is 0.0897 e. The van der Waals surface area contributed by atoms with Crippen LogP contribution in [0.3, 0.4) is 0 Å². The lowest BCUT2D eigenvalue weighted by atomic mass is 10.3. The molecule has 0 heterocycles. The summed E-state index contributed by atoms with van der Waals surface area (Å²) in [7, 11) is 0. The Morgan fingerprint density at radius 3 is 2.87 bits per heavy atom. The molecule has 0 amide bonds. The van der Waals surface area contributed by atoms with E-state index in [0.717, 1.165) is 37.8 Å². The minimum absolute atomic E-state index is 0.351. The molecule has 0 spiro atoms. The molecule has 15 heavy (non-hydrogen) atoms. The summed E-state index contributed by atoms with van der Waals surface area (Å²) in [5, 5.41) is 12.8. The van der Waals surface area contributed by atoms with Gasteiger partial charge in [0.05, 0.1) is 12.7 Å². The maximum atomic E-state index is 9.56. The maximum absolute atomic E-state index is 9.56. The predicted octanol–water partition coefficient (Wildman–Crippen LogP) is 1.41. The quantitative estimate of drug-likeness (QED) is 0.571. The molecule has 0 saturated heterocycles. The van der Waals surface area contributed by atoms with Gasteiger partial charge >= 0.3 is 0 Å². The average Bonchev–Trinajstić information content (AvgIpc) is 2.90. The van der Waals surface area contributed by atoms with Crippen molar-refractivity contribution in [2.75, 3.05) is 26.3 Å². The van der Waals surface area contributed by atoms with Crippen LogP contribution in [0.25, 0.3) is 0 Å². The van der Waals surface area contributed by atoms with E-state index < -0.39 is 0 Å². The molecule has 0 bridgehead atoms. The first-order chi connectivity index (χ1) is 7.24. The summed E-state index contributed by atoms with van der Waals surface area (Å²) in [6.45, 7) is 7.36. The van der Waals surface area contributed by atoms with Gasteiger partial charge in [-0.2, -0.15) is 0 Å². The number of unbranched alkanes of at least 4 members (excludes halogenated alkanes) is 1. The molecule has 90 valence electrons. The lowest BCUT2D eigenvalue weighted by Crippen LogP contribution is -2.31. The Kier molecular flexibility index (Phi) is 6.22. The second kappa shape index (κ2) is 7.20. The van der Waals surface area contributed by atoms with Crippen LogP contribution in [0.4, 0.5) is 0 Å². The van der Waals surface area contributed by atoms with E-state index in [1.165, 1.54) is 6.42 Å². The number of aliphatic hydroxyl groups is 1. The number of aliphatic hydroxyl groups excluding tert-OH is 1. The van der Waals surface area contributed by atoms with Crippen molar-refractivity contribution in [1.82, 2.24) is 5.32 Å². The van der Waals surface area contributed by atoms with Gasteiger partial charge in [0.2, 0.25) is 0 Å². The van der Waals surface area contributed by atoms with Crippen molar-refractivity contribution >= 4 is 0 Å². The van der Waals surface area contributed by atoms with Gasteiger partial charge in [-0.05, 0) is 31.2 Å². The molecule has 3 atom stereocenters. The van der Waals surface area contributed by atoms with Gasteiger partial charge in [0.15, 0.2) is 0 Å². The molecule has 3 nitrogen and oxygen atoms in total. The summed E-state index contributed by atoms with van der Waals surface area (Å²) in [5.74, 6) is 1.73. The minimum Gasteiger partial charge on any atom is -0.389 e. The van der Waals surface area contributed by atoms with Gasteiger partial charge < -0.3 is 15.2 Å². The minimum atomic E-state index is -0.351. The fraction of sp³-hybridized carbons (Fsp3) is 1.00. The number of hydrogen-bond acceptors (Lipinski definition) is 3. The molecule has 1 saturated carbocycles. The van der Waals surface area contributed by atoms with Crippen molar-refractivity contribution in [3.05, 3.63) is 0 Å². The summed E-state index contributed by atoms with van der Waals surface area (Å²) in [6, 6.07) is 0. The van der Waals surface area contributed by atoms with Crippen molar-refractivity contribution in [3.8, 4) is 0 Å². The molecule has 0 radical (unpaired) electrons. The number of rotatable bonds is 9. The van der Waals surface area contributed by atoms with Crippen LogP contribution in [0.5, 0.6) is 0 Å². The van der Waals surface area contributed by atoms with Crippen molar-refractivity contribution < 1.29 is 9.84 Å². The van der Waals surface area contributed by atoms with Crippen molar-refractivity contribution in [3.63, 3.8) is 0 Å². The Morgan fingerprint density at radius 2 is 2.27 bits per heavy atom. The van der Waals surface area contributed by atoms with E-state index in [9.17, 15) is 5.11 Å². The summed E-state index contributed by atoms with van der Waals surface area (Å²) < 4.78 is 5.34. The molecular formula is C12H25NO2. The summed E-state index contributed by atoms with van der Waals surface area (Å²) >= 11 is 0. The van der Waals surface area contributed by atoms with Gasteiger partial charge in [-0.15, -0.1) is 0 Å². The molecule has 2 N–H and O–H groups in total. The third kappa shape index (κ3) is 6.13. The van der Waals surface area contributed by atoms with E-state index in [2.05, 4.69) is 19.2 Å². The van der Waals surface area contributed by atoms with Crippen LogP contribution in [-0.4, -0.2) is 37.5 Å². The highest BCUT2D eigenvalue weighted by atomic mass is 16.5. The molecule has 1 rings (SSSR count). The fourth-order valence-corrected chi connectivity index (χ4v) is 1.64. The standard InChI is InChI=1S/C12H25NO2/c1-3-4-5-15-9-12(14)8-13-7-11-6-10(11)2/h10-14H,3-9H2,1-2H3. The van der Waals surface area contributed by atoms with E-state index in [1.807, 2.05) is 0 Å². The molecule has 1 aliphatic rings. The zero-order chi connectivity index (χ0) is 11.1. The van der Waals surface area contributed by atoms with Crippen molar-refractivity contribution in [2.45, 2.75) is 39.2 Å². The molecule has 0 aromatic heterocycles. The number of hydrogen-bond donors (Lipinski definition) is 2.